The summed E-state index contributed by atoms with van der Waals surface area (Å²) in [5.41, 5.74) is 16.4. The minimum absolute atomic E-state index is 0.517. The molecule has 0 N–H and O–H groups in total. The van der Waals surface area contributed by atoms with Crippen molar-refractivity contribution in [3.63, 3.8) is 0 Å². The standard InChI is InChI=1S/C61H40N2S/c1-2-18-43(19-3-1)61(53-28-9-4-23-48(53)49-24-5-10-29-54(49)61)44-20-15-22-47(40-44)62(57-32-16-34-59-60(57)52-27-8-13-33-58(52)64-59)46-21-14-17-42(39-46)41-35-37-45(38-36-41)63-55-30-11-6-25-50(55)51-26-7-12-31-56(51)63/h1-40H. The molecule has 0 spiro atoms. The summed E-state index contributed by atoms with van der Waals surface area (Å²) >= 11 is 1.86. The maximum Gasteiger partial charge on any atom is 0.0714 e. The SMILES string of the molecule is c1ccc(C2(c3cccc(N(c4cccc(-c5ccc(-n6c7ccccc7c7ccccc76)cc5)c4)c4cccc5sc6ccccc6c45)c3)c3ccccc3-c3ccccc32)cc1. The van der Waals surface area contributed by atoms with E-state index >= 15 is 0 Å². The Balaban J connectivity index is 1.01. The summed E-state index contributed by atoms with van der Waals surface area (Å²) in [7, 11) is 0. The summed E-state index contributed by atoms with van der Waals surface area (Å²) in [5, 5.41) is 5.08. The van der Waals surface area contributed by atoms with Gasteiger partial charge in [-0.05, 0) is 111 Å². The van der Waals surface area contributed by atoms with Crippen molar-refractivity contribution in [1.82, 2.24) is 4.57 Å². The fourth-order valence-electron chi connectivity index (χ4n) is 10.8. The molecule has 2 nitrogen and oxygen atoms in total. The van der Waals surface area contributed by atoms with E-state index in [0.717, 1.165) is 28.3 Å². The van der Waals surface area contributed by atoms with Crippen molar-refractivity contribution in [3.05, 3.63) is 265 Å². The highest BCUT2D eigenvalue weighted by Crippen LogP contribution is 2.57. The van der Waals surface area contributed by atoms with E-state index in [9.17, 15) is 0 Å². The van der Waals surface area contributed by atoms with Crippen molar-refractivity contribution in [1.29, 1.82) is 0 Å². The third kappa shape index (κ3) is 5.44. The summed E-state index contributed by atoms with van der Waals surface area (Å²) < 4.78 is 4.95. The lowest BCUT2D eigenvalue weighted by Gasteiger charge is -2.35. The molecule has 0 aliphatic heterocycles. The van der Waals surface area contributed by atoms with Crippen molar-refractivity contribution >= 4 is 70.4 Å². The predicted octanol–water partition coefficient (Wildman–Crippen LogP) is 16.7. The second kappa shape index (κ2) is 14.6. The Morgan fingerprint density at radius 1 is 0.375 bits per heavy atom. The van der Waals surface area contributed by atoms with Crippen LogP contribution in [0.3, 0.4) is 0 Å². The van der Waals surface area contributed by atoms with Gasteiger partial charge in [0.05, 0.1) is 22.1 Å². The molecule has 0 amide bonds. The second-order valence-corrected chi connectivity index (χ2v) is 17.9. The smallest absolute Gasteiger partial charge is 0.0714 e. The van der Waals surface area contributed by atoms with E-state index < -0.39 is 5.41 Å². The third-order valence-electron chi connectivity index (χ3n) is 13.5. The highest BCUT2D eigenvalue weighted by molar-refractivity contribution is 7.26. The van der Waals surface area contributed by atoms with Gasteiger partial charge in [0.25, 0.3) is 0 Å². The first-order valence-electron chi connectivity index (χ1n) is 22.0. The zero-order valence-electron chi connectivity index (χ0n) is 34.9. The monoisotopic (exact) mass is 832 g/mol. The predicted molar refractivity (Wildman–Crippen MR) is 271 cm³/mol. The van der Waals surface area contributed by atoms with Crippen LogP contribution in [0.1, 0.15) is 22.3 Å². The molecule has 0 fully saturated rings. The Morgan fingerprint density at radius 3 is 1.64 bits per heavy atom. The lowest BCUT2D eigenvalue weighted by molar-refractivity contribution is 0.768. The first-order valence-corrected chi connectivity index (χ1v) is 22.8. The number of aromatic nitrogens is 1. The number of para-hydroxylation sites is 2. The van der Waals surface area contributed by atoms with E-state index in [4.69, 9.17) is 0 Å². The highest BCUT2D eigenvalue weighted by Gasteiger charge is 2.46. The number of rotatable bonds is 7. The lowest BCUT2D eigenvalue weighted by Crippen LogP contribution is -2.28. The Bertz CT molecular complexity index is 3640. The molecule has 0 bridgehead atoms. The average molecular weight is 833 g/mol. The average Bonchev–Trinajstić information content (AvgIpc) is 4.02. The van der Waals surface area contributed by atoms with Crippen LogP contribution in [0.15, 0.2) is 243 Å². The Hall–Kier alpha value is -7.98. The van der Waals surface area contributed by atoms with Gasteiger partial charge in [0.2, 0.25) is 0 Å². The van der Waals surface area contributed by atoms with E-state index in [1.807, 2.05) is 11.3 Å². The van der Waals surface area contributed by atoms with Crippen LogP contribution in [0.4, 0.5) is 17.1 Å². The van der Waals surface area contributed by atoms with Gasteiger partial charge in [0.15, 0.2) is 0 Å². The zero-order chi connectivity index (χ0) is 42.2. The van der Waals surface area contributed by atoms with E-state index in [0.29, 0.717) is 0 Å². The summed E-state index contributed by atoms with van der Waals surface area (Å²) in [6, 6.07) is 89.6. The molecule has 0 atom stereocenters. The van der Waals surface area contributed by atoms with Crippen molar-refractivity contribution < 1.29 is 0 Å². The quantitative estimate of drug-likeness (QED) is 0.155. The first-order chi connectivity index (χ1) is 31.8. The van der Waals surface area contributed by atoms with E-state index in [1.54, 1.807) is 0 Å². The number of nitrogens with zero attached hydrogens (tertiary/aromatic N) is 2. The number of hydrogen-bond donors (Lipinski definition) is 0. The van der Waals surface area contributed by atoms with E-state index in [1.165, 1.54) is 80.9 Å². The lowest BCUT2D eigenvalue weighted by atomic mass is 9.67. The Labute approximate surface area is 376 Å². The normalized spacial score (nSPS) is 12.8. The van der Waals surface area contributed by atoms with Crippen LogP contribution < -0.4 is 4.90 Å². The topological polar surface area (TPSA) is 8.17 Å². The molecule has 3 heteroatoms. The fourth-order valence-corrected chi connectivity index (χ4v) is 11.9. The molecule has 1 aliphatic carbocycles. The number of thiophene rings is 1. The molecule has 0 saturated carbocycles. The number of fused-ring (bicyclic) bond motifs is 9. The van der Waals surface area contributed by atoms with Crippen LogP contribution in [-0.2, 0) is 5.41 Å². The van der Waals surface area contributed by atoms with Gasteiger partial charge in [-0.2, -0.15) is 0 Å². The molecule has 64 heavy (non-hydrogen) atoms. The van der Waals surface area contributed by atoms with Gasteiger partial charge in [-0.25, -0.2) is 0 Å². The zero-order valence-corrected chi connectivity index (χ0v) is 35.7. The summed E-state index contributed by atoms with van der Waals surface area (Å²) in [4.78, 5) is 2.49. The van der Waals surface area contributed by atoms with Gasteiger partial charge in [0, 0.05) is 48.0 Å². The van der Waals surface area contributed by atoms with Crippen LogP contribution in [0.25, 0.3) is 69.9 Å². The molecule has 2 heterocycles. The van der Waals surface area contributed by atoms with Crippen LogP contribution in [0.2, 0.25) is 0 Å². The van der Waals surface area contributed by atoms with Crippen molar-refractivity contribution in [2.45, 2.75) is 5.41 Å². The largest absolute Gasteiger partial charge is 0.310 e. The second-order valence-electron chi connectivity index (χ2n) is 16.8. The molecule has 10 aromatic carbocycles. The van der Waals surface area contributed by atoms with Crippen molar-refractivity contribution in [2.24, 2.45) is 0 Å². The minimum atomic E-state index is -0.517. The van der Waals surface area contributed by atoms with Gasteiger partial charge in [-0.15, -0.1) is 11.3 Å². The van der Waals surface area contributed by atoms with Crippen LogP contribution >= 0.6 is 11.3 Å². The van der Waals surface area contributed by atoms with Crippen molar-refractivity contribution in [2.75, 3.05) is 4.90 Å². The van der Waals surface area contributed by atoms with Gasteiger partial charge < -0.3 is 9.47 Å². The fraction of sp³-hybridized carbons (Fsp3) is 0.0164. The number of hydrogen-bond acceptors (Lipinski definition) is 2. The first kappa shape index (κ1) is 36.7. The van der Waals surface area contributed by atoms with Gasteiger partial charge in [-0.1, -0.05) is 176 Å². The Morgan fingerprint density at radius 2 is 0.922 bits per heavy atom. The number of anilines is 3. The maximum atomic E-state index is 2.49. The van der Waals surface area contributed by atoms with Gasteiger partial charge >= 0.3 is 0 Å². The molecule has 0 radical (unpaired) electrons. The molecule has 2 aromatic heterocycles. The van der Waals surface area contributed by atoms with Crippen LogP contribution in [-0.4, -0.2) is 4.57 Å². The molecular formula is C61H40N2S. The summed E-state index contributed by atoms with van der Waals surface area (Å²) in [6.45, 7) is 0. The maximum absolute atomic E-state index is 2.49. The highest BCUT2D eigenvalue weighted by atomic mass is 32.1. The summed E-state index contributed by atoms with van der Waals surface area (Å²) in [5.74, 6) is 0. The molecule has 13 rings (SSSR count). The van der Waals surface area contributed by atoms with Crippen LogP contribution in [0.5, 0.6) is 0 Å². The molecule has 12 aromatic rings. The van der Waals surface area contributed by atoms with E-state index in [2.05, 4.69) is 252 Å². The molecule has 300 valence electrons. The number of benzene rings is 10. The summed E-state index contributed by atoms with van der Waals surface area (Å²) in [6.07, 6.45) is 0. The van der Waals surface area contributed by atoms with Crippen LogP contribution in [0, 0.1) is 0 Å². The molecule has 1 aliphatic rings. The minimum Gasteiger partial charge on any atom is -0.310 e. The van der Waals surface area contributed by atoms with Gasteiger partial charge in [0.1, 0.15) is 0 Å². The molecule has 0 saturated heterocycles. The van der Waals surface area contributed by atoms with E-state index in [-0.39, 0.29) is 0 Å². The molecule has 0 unspecified atom stereocenters. The molecular weight excluding hydrogens is 793 g/mol. The van der Waals surface area contributed by atoms with Gasteiger partial charge in [-0.3, -0.25) is 0 Å². The Kier molecular flexibility index (Phi) is 8.34. The van der Waals surface area contributed by atoms with Crippen molar-refractivity contribution in [3.8, 4) is 27.9 Å². The third-order valence-corrected chi connectivity index (χ3v) is 14.6.